The van der Waals surface area contributed by atoms with E-state index >= 15 is 0 Å². The van der Waals surface area contributed by atoms with Crippen molar-refractivity contribution < 1.29 is 9.18 Å². The Morgan fingerprint density at radius 2 is 2.08 bits per heavy atom. The SMILES string of the molecule is CCCc1nc(-n2cccc2)sc1C(=O)Nc1ccc(C)cc1F. The Morgan fingerprint density at radius 3 is 2.75 bits per heavy atom. The van der Waals surface area contributed by atoms with Crippen LogP contribution in [0, 0.1) is 12.7 Å². The zero-order valence-electron chi connectivity index (χ0n) is 13.5. The number of rotatable bonds is 5. The smallest absolute Gasteiger partial charge is 0.267 e. The second kappa shape index (κ2) is 6.97. The van der Waals surface area contributed by atoms with Gasteiger partial charge in [-0.05, 0) is 43.2 Å². The van der Waals surface area contributed by atoms with Gasteiger partial charge in [0.25, 0.3) is 5.91 Å². The van der Waals surface area contributed by atoms with Crippen LogP contribution >= 0.6 is 11.3 Å². The molecule has 3 rings (SSSR count). The number of nitrogens with one attached hydrogen (secondary N) is 1. The fourth-order valence-electron chi connectivity index (χ4n) is 2.40. The number of hydrogen-bond donors (Lipinski definition) is 1. The largest absolute Gasteiger partial charge is 0.319 e. The Bertz CT molecular complexity index is 855. The molecule has 0 atom stereocenters. The highest BCUT2D eigenvalue weighted by molar-refractivity contribution is 7.16. The summed E-state index contributed by atoms with van der Waals surface area (Å²) in [4.78, 5) is 17.7. The summed E-state index contributed by atoms with van der Waals surface area (Å²) < 4.78 is 15.8. The van der Waals surface area contributed by atoms with Crippen molar-refractivity contribution in [2.45, 2.75) is 26.7 Å². The third kappa shape index (κ3) is 3.38. The van der Waals surface area contributed by atoms with Crippen LogP contribution < -0.4 is 5.32 Å². The van der Waals surface area contributed by atoms with Crippen LogP contribution in [0.5, 0.6) is 0 Å². The van der Waals surface area contributed by atoms with Crippen LogP contribution in [0.3, 0.4) is 0 Å². The summed E-state index contributed by atoms with van der Waals surface area (Å²) in [6.07, 6.45) is 5.36. The molecule has 1 N–H and O–H groups in total. The number of carbonyl (C=O) groups is 1. The Morgan fingerprint density at radius 1 is 1.33 bits per heavy atom. The van der Waals surface area contributed by atoms with E-state index < -0.39 is 5.82 Å². The summed E-state index contributed by atoms with van der Waals surface area (Å²) in [5, 5.41) is 3.39. The number of anilines is 1. The lowest BCUT2D eigenvalue weighted by molar-refractivity contribution is 0.102. The predicted molar refractivity (Wildman–Crippen MR) is 94.5 cm³/mol. The highest BCUT2D eigenvalue weighted by Crippen LogP contribution is 2.25. The van der Waals surface area contributed by atoms with Crippen LogP contribution in [0.1, 0.15) is 34.3 Å². The van der Waals surface area contributed by atoms with Crippen LogP contribution in [0.4, 0.5) is 10.1 Å². The quantitative estimate of drug-likeness (QED) is 0.737. The number of aryl methyl sites for hydroxylation is 2. The van der Waals surface area contributed by atoms with Gasteiger partial charge in [-0.3, -0.25) is 4.79 Å². The highest BCUT2D eigenvalue weighted by Gasteiger charge is 2.19. The topological polar surface area (TPSA) is 46.9 Å². The van der Waals surface area contributed by atoms with E-state index in [4.69, 9.17) is 0 Å². The molecule has 4 nitrogen and oxygen atoms in total. The number of hydrogen-bond acceptors (Lipinski definition) is 3. The molecule has 0 saturated heterocycles. The zero-order valence-corrected chi connectivity index (χ0v) is 14.4. The lowest BCUT2D eigenvalue weighted by Crippen LogP contribution is -2.13. The Kier molecular flexibility index (Phi) is 4.76. The van der Waals surface area contributed by atoms with Crippen molar-refractivity contribution in [3.63, 3.8) is 0 Å². The van der Waals surface area contributed by atoms with Crippen LogP contribution in [0.25, 0.3) is 5.13 Å². The molecule has 0 saturated carbocycles. The third-order valence-corrected chi connectivity index (χ3v) is 4.69. The second-order valence-corrected chi connectivity index (χ2v) is 6.53. The second-order valence-electron chi connectivity index (χ2n) is 5.55. The van der Waals surface area contributed by atoms with Gasteiger partial charge in [0.1, 0.15) is 10.7 Å². The minimum atomic E-state index is -0.435. The summed E-state index contributed by atoms with van der Waals surface area (Å²) in [5.74, 6) is -0.757. The molecule has 0 aliphatic carbocycles. The van der Waals surface area contributed by atoms with Crippen LogP contribution in [0.2, 0.25) is 0 Å². The standard InChI is InChI=1S/C18H18FN3OS/c1-3-6-15-16(24-18(21-15)22-9-4-5-10-22)17(23)20-14-8-7-12(2)11-13(14)19/h4-5,7-11H,3,6H2,1-2H3,(H,20,23). The van der Waals surface area contributed by atoms with Crippen molar-refractivity contribution >= 4 is 22.9 Å². The summed E-state index contributed by atoms with van der Waals surface area (Å²) >= 11 is 1.31. The number of nitrogens with zero attached hydrogens (tertiary/aromatic N) is 2. The molecule has 6 heteroatoms. The number of carbonyl (C=O) groups excluding carboxylic acids is 1. The summed E-state index contributed by atoms with van der Waals surface area (Å²) in [6, 6.07) is 8.56. The number of halogens is 1. The van der Waals surface area contributed by atoms with E-state index in [0.29, 0.717) is 11.3 Å². The first-order valence-electron chi connectivity index (χ1n) is 7.79. The van der Waals surface area contributed by atoms with Crippen molar-refractivity contribution in [3.05, 3.63) is 64.7 Å². The molecule has 0 aliphatic rings. The molecule has 24 heavy (non-hydrogen) atoms. The molecule has 0 aliphatic heterocycles. The predicted octanol–water partition coefficient (Wildman–Crippen LogP) is 4.59. The zero-order chi connectivity index (χ0) is 17.1. The molecule has 2 aromatic heterocycles. The van der Waals surface area contributed by atoms with Crippen molar-refractivity contribution in [3.8, 4) is 5.13 Å². The summed E-state index contributed by atoms with van der Waals surface area (Å²) in [5.41, 5.74) is 1.74. The van der Waals surface area contributed by atoms with E-state index in [1.54, 1.807) is 19.1 Å². The molecule has 1 aromatic carbocycles. The van der Waals surface area contributed by atoms with Crippen molar-refractivity contribution in [2.75, 3.05) is 5.32 Å². The minimum Gasteiger partial charge on any atom is -0.319 e. The summed E-state index contributed by atoms with van der Waals surface area (Å²) in [7, 11) is 0. The van der Waals surface area contributed by atoms with Gasteiger partial charge in [-0.15, -0.1) is 0 Å². The molecule has 2 heterocycles. The fourth-order valence-corrected chi connectivity index (χ4v) is 3.37. The Hall–Kier alpha value is -2.47. The van der Waals surface area contributed by atoms with Gasteiger partial charge in [-0.25, -0.2) is 9.37 Å². The van der Waals surface area contributed by atoms with Gasteiger partial charge < -0.3 is 9.88 Å². The first-order valence-corrected chi connectivity index (χ1v) is 8.60. The van der Waals surface area contributed by atoms with Crippen LogP contribution in [-0.2, 0) is 6.42 Å². The maximum atomic E-state index is 14.0. The van der Waals surface area contributed by atoms with Gasteiger partial charge in [0.15, 0.2) is 5.13 Å². The number of aromatic nitrogens is 2. The van der Waals surface area contributed by atoms with E-state index in [1.807, 2.05) is 36.0 Å². The molecule has 0 spiro atoms. The van der Waals surface area contributed by atoms with E-state index in [-0.39, 0.29) is 11.6 Å². The van der Waals surface area contributed by atoms with Gasteiger partial charge in [-0.1, -0.05) is 30.7 Å². The maximum absolute atomic E-state index is 14.0. The molecule has 0 unspecified atom stereocenters. The number of thiazole rings is 1. The summed E-state index contributed by atoms with van der Waals surface area (Å²) in [6.45, 7) is 3.84. The van der Waals surface area contributed by atoms with Gasteiger partial charge >= 0.3 is 0 Å². The van der Waals surface area contributed by atoms with Crippen LogP contribution in [-0.4, -0.2) is 15.5 Å². The molecular formula is C18H18FN3OS. The molecule has 0 radical (unpaired) electrons. The Balaban J connectivity index is 1.90. The molecule has 124 valence electrons. The lowest BCUT2D eigenvalue weighted by Gasteiger charge is -2.06. The molecule has 1 amide bonds. The van der Waals surface area contributed by atoms with Crippen molar-refractivity contribution in [1.29, 1.82) is 0 Å². The van der Waals surface area contributed by atoms with Crippen molar-refractivity contribution in [1.82, 2.24) is 9.55 Å². The first kappa shape index (κ1) is 16.4. The van der Waals surface area contributed by atoms with E-state index in [0.717, 1.165) is 22.8 Å². The maximum Gasteiger partial charge on any atom is 0.267 e. The van der Waals surface area contributed by atoms with Gasteiger partial charge in [0.2, 0.25) is 0 Å². The average Bonchev–Trinajstić information content (AvgIpc) is 3.19. The van der Waals surface area contributed by atoms with Crippen molar-refractivity contribution in [2.24, 2.45) is 0 Å². The van der Waals surface area contributed by atoms with Crippen LogP contribution in [0.15, 0.2) is 42.7 Å². The monoisotopic (exact) mass is 343 g/mol. The Labute approximate surface area is 144 Å². The molecule has 3 aromatic rings. The molecular weight excluding hydrogens is 325 g/mol. The lowest BCUT2D eigenvalue weighted by atomic mass is 10.2. The fraction of sp³-hybridized carbons (Fsp3) is 0.222. The molecule has 0 fully saturated rings. The average molecular weight is 343 g/mol. The minimum absolute atomic E-state index is 0.184. The van der Waals surface area contributed by atoms with Gasteiger partial charge in [-0.2, -0.15) is 0 Å². The van der Waals surface area contributed by atoms with Gasteiger partial charge in [0.05, 0.1) is 11.4 Å². The van der Waals surface area contributed by atoms with E-state index in [2.05, 4.69) is 10.3 Å². The first-order chi connectivity index (χ1) is 11.6. The molecule has 0 bridgehead atoms. The van der Waals surface area contributed by atoms with E-state index in [9.17, 15) is 9.18 Å². The van der Waals surface area contributed by atoms with E-state index in [1.165, 1.54) is 17.4 Å². The van der Waals surface area contributed by atoms with Gasteiger partial charge in [0, 0.05) is 12.4 Å². The normalized spacial score (nSPS) is 10.8. The number of benzene rings is 1. The third-order valence-electron chi connectivity index (χ3n) is 3.58. The number of amides is 1. The highest BCUT2D eigenvalue weighted by atomic mass is 32.1.